The lowest BCUT2D eigenvalue weighted by Crippen LogP contribution is -2.23. The summed E-state index contributed by atoms with van der Waals surface area (Å²) in [5.41, 5.74) is 1.39. The summed E-state index contributed by atoms with van der Waals surface area (Å²) < 4.78 is 0.440. The average Bonchev–Trinajstić information content (AvgIpc) is 1.95. The maximum absolute atomic E-state index is 4.07. The largest absolute Gasteiger partial charge is 0.154 e. The molecule has 1 unspecified atom stereocenters. The Labute approximate surface area is 84.6 Å². The van der Waals surface area contributed by atoms with Crippen LogP contribution in [0.2, 0.25) is 0 Å². The highest BCUT2D eigenvalue weighted by Crippen LogP contribution is 2.37. The molecule has 0 aromatic rings. The third kappa shape index (κ3) is 3.44. The van der Waals surface area contributed by atoms with Gasteiger partial charge in [-0.05, 0) is 6.42 Å². The van der Waals surface area contributed by atoms with E-state index in [9.17, 15) is 0 Å². The zero-order chi connectivity index (χ0) is 9.19. The van der Waals surface area contributed by atoms with Crippen LogP contribution in [0, 0.1) is 0 Å². The minimum absolute atomic E-state index is 0.440. The molecule has 1 saturated heterocycles. The van der Waals surface area contributed by atoms with Crippen molar-refractivity contribution in [1.29, 1.82) is 0 Å². The first-order valence-corrected chi connectivity index (χ1v) is 6.45. The first-order valence-electron chi connectivity index (χ1n) is 4.42. The van der Waals surface area contributed by atoms with Gasteiger partial charge in [-0.25, -0.2) is 0 Å². The van der Waals surface area contributed by atoms with Crippen LogP contribution in [0.1, 0.15) is 27.2 Å². The summed E-state index contributed by atoms with van der Waals surface area (Å²) in [7, 11) is 0. The molecule has 12 heavy (non-hydrogen) atoms. The topological polar surface area (TPSA) is 0 Å². The van der Waals surface area contributed by atoms with E-state index in [1.54, 1.807) is 0 Å². The number of thioether (sulfide) groups is 2. The molecule has 1 aliphatic rings. The molecular weight excluding hydrogens is 184 g/mol. The van der Waals surface area contributed by atoms with Crippen LogP contribution in [-0.2, 0) is 0 Å². The fourth-order valence-electron chi connectivity index (χ4n) is 1.41. The summed E-state index contributed by atoms with van der Waals surface area (Å²) in [5.74, 6) is 2.30. The third-order valence-corrected chi connectivity index (χ3v) is 4.83. The highest BCUT2D eigenvalue weighted by Gasteiger charge is 2.24. The zero-order valence-corrected chi connectivity index (χ0v) is 9.86. The van der Waals surface area contributed by atoms with Gasteiger partial charge >= 0.3 is 0 Å². The minimum Gasteiger partial charge on any atom is -0.154 e. The van der Waals surface area contributed by atoms with Gasteiger partial charge < -0.3 is 0 Å². The van der Waals surface area contributed by atoms with E-state index in [0.717, 1.165) is 16.8 Å². The molecule has 1 heterocycles. The maximum Gasteiger partial charge on any atom is 0.0154 e. The fourth-order valence-corrected chi connectivity index (χ4v) is 3.87. The Bertz CT molecular complexity index is 173. The Morgan fingerprint density at radius 2 is 2.08 bits per heavy atom. The molecule has 0 aliphatic carbocycles. The van der Waals surface area contributed by atoms with E-state index in [0.29, 0.717) is 4.75 Å². The first kappa shape index (κ1) is 10.5. The Kier molecular flexibility index (Phi) is 3.59. The molecule has 0 spiro atoms. The van der Waals surface area contributed by atoms with Crippen LogP contribution in [0.3, 0.4) is 0 Å². The Morgan fingerprint density at radius 1 is 1.42 bits per heavy atom. The second kappa shape index (κ2) is 4.10. The van der Waals surface area contributed by atoms with Crippen molar-refractivity contribution in [2.24, 2.45) is 0 Å². The molecule has 0 amide bonds. The highest BCUT2D eigenvalue weighted by atomic mass is 32.2. The molecule has 0 nitrogen and oxygen atoms in total. The van der Waals surface area contributed by atoms with Crippen molar-refractivity contribution in [3.05, 3.63) is 12.2 Å². The summed E-state index contributed by atoms with van der Waals surface area (Å²) in [4.78, 5) is 0. The fraction of sp³-hybridized carbons (Fsp3) is 0.800. The van der Waals surface area contributed by atoms with Gasteiger partial charge in [0, 0.05) is 21.5 Å². The molecule has 0 radical (unpaired) electrons. The molecule has 70 valence electrons. The van der Waals surface area contributed by atoms with Crippen molar-refractivity contribution in [2.45, 2.75) is 37.2 Å². The van der Waals surface area contributed by atoms with E-state index in [4.69, 9.17) is 0 Å². The van der Waals surface area contributed by atoms with Crippen LogP contribution in [-0.4, -0.2) is 21.5 Å². The lowest BCUT2D eigenvalue weighted by Gasteiger charge is -2.30. The number of hydrogen-bond donors (Lipinski definition) is 0. The Balaban J connectivity index is 2.55. The van der Waals surface area contributed by atoms with Crippen molar-refractivity contribution in [3.8, 4) is 0 Å². The summed E-state index contributed by atoms with van der Waals surface area (Å²) in [6.07, 6.45) is 1.32. The van der Waals surface area contributed by atoms with Gasteiger partial charge in [0.1, 0.15) is 0 Å². The molecular formula is C10H18S2. The van der Waals surface area contributed by atoms with Gasteiger partial charge in [-0.2, -0.15) is 23.5 Å². The molecule has 1 aliphatic heterocycles. The van der Waals surface area contributed by atoms with Crippen LogP contribution < -0.4 is 0 Å². The molecule has 1 atom stereocenters. The van der Waals surface area contributed by atoms with Crippen molar-refractivity contribution < 1.29 is 0 Å². The van der Waals surface area contributed by atoms with Crippen LogP contribution >= 0.6 is 23.5 Å². The predicted molar refractivity (Wildman–Crippen MR) is 62.2 cm³/mol. The summed E-state index contributed by atoms with van der Waals surface area (Å²) in [5, 5.41) is 0.782. The average molecular weight is 202 g/mol. The van der Waals surface area contributed by atoms with E-state index >= 15 is 0 Å². The first-order chi connectivity index (χ1) is 5.49. The third-order valence-electron chi connectivity index (χ3n) is 2.02. The van der Waals surface area contributed by atoms with Gasteiger partial charge in [0.25, 0.3) is 0 Å². The van der Waals surface area contributed by atoms with Gasteiger partial charge in [0.2, 0.25) is 0 Å². The van der Waals surface area contributed by atoms with Gasteiger partial charge in [0.05, 0.1) is 0 Å². The number of hydrogen-bond acceptors (Lipinski definition) is 2. The van der Waals surface area contributed by atoms with Crippen molar-refractivity contribution in [2.75, 3.05) is 11.5 Å². The summed E-state index contributed by atoms with van der Waals surface area (Å²) >= 11 is 4.10. The number of rotatable bonds is 0. The second-order valence-electron chi connectivity index (χ2n) is 4.12. The molecule has 0 saturated carbocycles. The predicted octanol–water partition coefficient (Wildman–Crippen LogP) is 3.58. The highest BCUT2D eigenvalue weighted by molar-refractivity contribution is 8.02. The maximum atomic E-state index is 4.07. The van der Waals surface area contributed by atoms with E-state index < -0.39 is 0 Å². The van der Waals surface area contributed by atoms with Crippen LogP contribution in [0.25, 0.3) is 0 Å². The van der Waals surface area contributed by atoms with E-state index in [1.807, 2.05) is 11.8 Å². The molecule has 0 aromatic heterocycles. The van der Waals surface area contributed by atoms with Crippen molar-refractivity contribution >= 4 is 23.5 Å². The zero-order valence-electron chi connectivity index (χ0n) is 8.22. The Morgan fingerprint density at radius 3 is 2.75 bits per heavy atom. The van der Waals surface area contributed by atoms with E-state index in [1.165, 1.54) is 12.0 Å². The van der Waals surface area contributed by atoms with E-state index in [-0.39, 0.29) is 0 Å². The standard InChI is InChI=1S/C10H18S2/c1-8-6-11-9(2)5-10(3,4)12-7-8/h9H,1,5-7H2,2-4H3. The quantitative estimate of drug-likeness (QED) is 0.551. The van der Waals surface area contributed by atoms with Gasteiger partial charge in [0.15, 0.2) is 0 Å². The van der Waals surface area contributed by atoms with Gasteiger partial charge in [-0.3, -0.25) is 0 Å². The molecule has 1 fully saturated rings. The van der Waals surface area contributed by atoms with Crippen LogP contribution in [0.15, 0.2) is 12.2 Å². The van der Waals surface area contributed by atoms with E-state index in [2.05, 4.69) is 39.1 Å². The smallest absolute Gasteiger partial charge is 0.0154 e. The Hall–Kier alpha value is 0.440. The molecule has 0 bridgehead atoms. The second-order valence-corrected chi connectivity index (χ2v) is 7.23. The van der Waals surface area contributed by atoms with Gasteiger partial charge in [-0.1, -0.05) is 32.9 Å². The van der Waals surface area contributed by atoms with Crippen molar-refractivity contribution in [3.63, 3.8) is 0 Å². The minimum atomic E-state index is 0.440. The molecule has 0 N–H and O–H groups in total. The molecule has 1 rings (SSSR count). The lowest BCUT2D eigenvalue weighted by molar-refractivity contribution is 0.636. The lowest BCUT2D eigenvalue weighted by atomic mass is 10.1. The van der Waals surface area contributed by atoms with Crippen LogP contribution in [0.5, 0.6) is 0 Å². The summed E-state index contributed by atoms with van der Waals surface area (Å²) in [6, 6.07) is 0. The van der Waals surface area contributed by atoms with Crippen molar-refractivity contribution in [1.82, 2.24) is 0 Å². The molecule has 0 aromatic carbocycles. The normalized spacial score (nSPS) is 30.9. The summed E-state index contributed by atoms with van der Waals surface area (Å²) in [6.45, 7) is 11.1. The SMILES string of the molecule is C=C1CSC(C)CC(C)(C)SC1. The van der Waals surface area contributed by atoms with Gasteiger partial charge in [-0.15, -0.1) is 0 Å². The monoisotopic (exact) mass is 202 g/mol. The molecule has 2 heteroatoms. The van der Waals surface area contributed by atoms with Crippen LogP contribution in [0.4, 0.5) is 0 Å².